The molecule has 0 radical (unpaired) electrons. The summed E-state index contributed by atoms with van der Waals surface area (Å²) in [5, 5.41) is 8.95. The van der Waals surface area contributed by atoms with E-state index in [4.69, 9.17) is 5.11 Å². The Morgan fingerprint density at radius 1 is 1.14 bits per heavy atom. The molecule has 1 fully saturated rings. The number of aliphatic hydroxyl groups excluding tert-OH is 1. The van der Waals surface area contributed by atoms with Crippen LogP contribution in [0.1, 0.15) is 45.4 Å². The first kappa shape index (κ1) is 12.0. The molecular weight excluding hydrogens is 174 g/mol. The molecule has 0 aromatic rings. The maximum absolute atomic E-state index is 8.95. The molecule has 0 aromatic heterocycles. The van der Waals surface area contributed by atoms with Crippen molar-refractivity contribution in [3.63, 3.8) is 0 Å². The average molecular weight is 199 g/mol. The second kappa shape index (κ2) is 7.24. The molecule has 1 aliphatic carbocycles. The minimum atomic E-state index is 0.312. The van der Waals surface area contributed by atoms with Crippen LogP contribution < -0.4 is 0 Å². The lowest BCUT2D eigenvalue weighted by Crippen LogP contribution is -2.33. The summed E-state index contributed by atoms with van der Waals surface area (Å²) in [6, 6.07) is 0. The van der Waals surface area contributed by atoms with Crippen LogP contribution in [0, 0.1) is 5.92 Å². The lowest BCUT2D eigenvalue weighted by Gasteiger charge is -2.29. The van der Waals surface area contributed by atoms with Crippen LogP contribution >= 0.6 is 0 Å². The Kier molecular flexibility index (Phi) is 6.20. The molecule has 1 rings (SSSR count). The van der Waals surface area contributed by atoms with Gasteiger partial charge < -0.3 is 10.0 Å². The fourth-order valence-electron chi connectivity index (χ4n) is 2.49. The standard InChI is InChI=1S/C12H25NO/c1-2-8-13(9-10-14)11-12-6-4-3-5-7-12/h12,14H,2-11H2,1H3. The zero-order chi connectivity index (χ0) is 10.2. The second-order valence-corrected chi connectivity index (χ2v) is 4.53. The van der Waals surface area contributed by atoms with E-state index < -0.39 is 0 Å². The van der Waals surface area contributed by atoms with Crippen LogP contribution in [-0.4, -0.2) is 36.2 Å². The molecule has 0 bridgehead atoms. The molecule has 1 saturated carbocycles. The third kappa shape index (κ3) is 4.43. The van der Waals surface area contributed by atoms with Crippen molar-refractivity contribution in [3.8, 4) is 0 Å². The molecule has 2 nitrogen and oxygen atoms in total. The first-order chi connectivity index (χ1) is 6.86. The van der Waals surface area contributed by atoms with Gasteiger partial charge in [-0.25, -0.2) is 0 Å². The van der Waals surface area contributed by atoms with E-state index in [0.29, 0.717) is 6.61 Å². The van der Waals surface area contributed by atoms with Crippen LogP contribution in [0.4, 0.5) is 0 Å². The van der Waals surface area contributed by atoms with E-state index in [1.165, 1.54) is 45.1 Å². The molecule has 1 aliphatic rings. The Balaban J connectivity index is 2.21. The summed E-state index contributed by atoms with van der Waals surface area (Å²) in [5.74, 6) is 0.904. The maximum atomic E-state index is 8.95. The van der Waals surface area contributed by atoms with Crippen LogP contribution in [0.2, 0.25) is 0 Å². The SMILES string of the molecule is CCCN(CCO)CC1CCCCC1. The Morgan fingerprint density at radius 2 is 1.86 bits per heavy atom. The highest BCUT2D eigenvalue weighted by molar-refractivity contribution is 4.70. The van der Waals surface area contributed by atoms with Gasteiger partial charge in [-0.2, -0.15) is 0 Å². The zero-order valence-corrected chi connectivity index (χ0v) is 9.54. The number of nitrogens with zero attached hydrogens (tertiary/aromatic N) is 1. The predicted molar refractivity (Wildman–Crippen MR) is 60.4 cm³/mol. The van der Waals surface area contributed by atoms with E-state index >= 15 is 0 Å². The van der Waals surface area contributed by atoms with Crippen LogP contribution in [0.15, 0.2) is 0 Å². The molecular formula is C12H25NO. The molecule has 1 N–H and O–H groups in total. The van der Waals surface area contributed by atoms with Crippen LogP contribution in [0.5, 0.6) is 0 Å². The van der Waals surface area contributed by atoms with E-state index in [1.807, 2.05) is 0 Å². The quantitative estimate of drug-likeness (QED) is 0.709. The van der Waals surface area contributed by atoms with Crippen molar-refractivity contribution in [2.75, 3.05) is 26.2 Å². The Hall–Kier alpha value is -0.0800. The first-order valence-corrected chi connectivity index (χ1v) is 6.20. The second-order valence-electron chi connectivity index (χ2n) is 4.53. The van der Waals surface area contributed by atoms with Gasteiger partial charge in [0.15, 0.2) is 0 Å². The van der Waals surface area contributed by atoms with Crippen molar-refractivity contribution < 1.29 is 5.11 Å². The van der Waals surface area contributed by atoms with Gasteiger partial charge in [0, 0.05) is 13.1 Å². The summed E-state index contributed by atoms with van der Waals surface area (Å²) in [6.45, 7) is 5.76. The van der Waals surface area contributed by atoms with Crippen molar-refractivity contribution in [2.24, 2.45) is 5.92 Å². The monoisotopic (exact) mass is 199 g/mol. The molecule has 0 atom stereocenters. The summed E-state index contributed by atoms with van der Waals surface area (Å²) in [7, 11) is 0. The Morgan fingerprint density at radius 3 is 2.43 bits per heavy atom. The van der Waals surface area contributed by atoms with Crippen molar-refractivity contribution in [1.82, 2.24) is 4.90 Å². The average Bonchev–Trinajstić information content (AvgIpc) is 2.20. The van der Waals surface area contributed by atoms with E-state index in [0.717, 1.165) is 19.0 Å². The summed E-state index contributed by atoms with van der Waals surface area (Å²) < 4.78 is 0. The third-order valence-corrected chi connectivity index (χ3v) is 3.20. The molecule has 0 amide bonds. The molecule has 14 heavy (non-hydrogen) atoms. The summed E-state index contributed by atoms with van der Waals surface area (Å²) in [6.07, 6.45) is 8.29. The van der Waals surface area contributed by atoms with E-state index in [9.17, 15) is 0 Å². The number of rotatable bonds is 6. The summed E-state index contributed by atoms with van der Waals surface area (Å²) in [5.41, 5.74) is 0. The van der Waals surface area contributed by atoms with Gasteiger partial charge in [-0.1, -0.05) is 26.2 Å². The number of hydrogen-bond donors (Lipinski definition) is 1. The molecule has 0 heterocycles. The van der Waals surface area contributed by atoms with Gasteiger partial charge >= 0.3 is 0 Å². The fraction of sp³-hybridized carbons (Fsp3) is 1.00. The van der Waals surface area contributed by atoms with Crippen molar-refractivity contribution >= 4 is 0 Å². The Labute approximate surface area is 88.3 Å². The molecule has 0 saturated heterocycles. The summed E-state index contributed by atoms with van der Waals surface area (Å²) in [4.78, 5) is 2.43. The normalized spacial score (nSPS) is 19.1. The van der Waals surface area contributed by atoms with Gasteiger partial charge in [-0.05, 0) is 31.7 Å². The lowest BCUT2D eigenvalue weighted by atomic mass is 9.89. The van der Waals surface area contributed by atoms with Gasteiger partial charge in [0.05, 0.1) is 6.61 Å². The van der Waals surface area contributed by atoms with Gasteiger partial charge in [0.1, 0.15) is 0 Å². The van der Waals surface area contributed by atoms with Gasteiger partial charge in [-0.3, -0.25) is 0 Å². The van der Waals surface area contributed by atoms with Crippen molar-refractivity contribution in [1.29, 1.82) is 0 Å². The largest absolute Gasteiger partial charge is 0.395 e. The molecule has 0 aromatic carbocycles. The maximum Gasteiger partial charge on any atom is 0.0558 e. The van der Waals surface area contributed by atoms with Crippen LogP contribution in [-0.2, 0) is 0 Å². The molecule has 84 valence electrons. The van der Waals surface area contributed by atoms with Crippen molar-refractivity contribution in [2.45, 2.75) is 45.4 Å². The highest BCUT2D eigenvalue weighted by Gasteiger charge is 2.16. The van der Waals surface area contributed by atoms with E-state index in [2.05, 4.69) is 11.8 Å². The van der Waals surface area contributed by atoms with Crippen molar-refractivity contribution in [3.05, 3.63) is 0 Å². The first-order valence-electron chi connectivity index (χ1n) is 6.20. The third-order valence-electron chi connectivity index (χ3n) is 3.20. The molecule has 0 aliphatic heterocycles. The van der Waals surface area contributed by atoms with Gasteiger partial charge in [0.2, 0.25) is 0 Å². The van der Waals surface area contributed by atoms with Crippen LogP contribution in [0.25, 0.3) is 0 Å². The number of aliphatic hydroxyl groups is 1. The minimum absolute atomic E-state index is 0.312. The van der Waals surface area contributed by atoms with Gasteiger partial charge in [-0.15, -0.1) is 0 Å². The minimum Gasteiger partial charge on any atom is -0.395 e. The zero-order valence-electron chi connectivity index (χ0n) is 9.54. The highest BCUT2D eigenvalue weighted by atomic mass is 16.3. The molecule has 2 heteroatoms. The summed E-state index contributed by atoms with van der Waals surface area (Å²) >= 11 is 0. The molecule has 0 unspecified atom stereocenters. The molecule has 0 spiro atoms. The highest BCUT2D eigenvalue weighted by Crippen LogP contribution is 2.24. The fourth-order valence-corrected chi connectivity index (χ4v) is 2.49. The van der Waals surface area contributed by atoms with Crippen LogP contribution in [0.3, 0.4) is 0 Å². The smallest absolute Gasteiger partial charge is 0.0558 e. The van der Waals surface area contributed by atoms with E-state index in [1.54, 1.807) is 0 Å². The lowest BCUT2D eigenvalue weighted by molar-refractivity contribution is 0.160. The topological polar surface area (TPSA) is 23.5 Å². The van der Waals surface area contributed by atoms with Gasteiger partial charge in [0.25, 0.3) is 0 Å². The predicted octanol–water partition coefficient (Wildman–Crippen LogP) is 2.27. The number of hydrogen-bond acceptors (Lipinski definition) is 2. The van der Waals surface area contributed by atoms with E-state index in [-0.39, 0.29) is 0 Å². The Bertz CT molecular complexity index is 126.